The number of carbonyl (C=O) groups excluding carboxylic acids is 1. The number of hydrogen-bond donors (Lipinski definition) is 2. The molecule has 0 aromatic heterocycles. The van der Waals surface area contributed by atoms with Gasteiger partial charge in [0.25, 0.3) is 5.91 Å². The number of carboxylic acids is 1. The molecule has 0 radical (unpaired) electrons. The fraction of sp³-hybridized carbons (Fsp3) is 0.368. The molecule has 0 heterocycles. The van der Waals surface area contributed by atoms with Crippen LogP contribution in [0.2, 0.25) is 0 Å². The van der Waals surface area contributed by atoms with Crippen molar-refractivity contribution in [1.29, 1.82) is 0 Å². The molecule has 2 N–H and O–H groups in total. The van der Waals surface area contributed by atoms with Crippen LogP contribution < -0.4 is 10.1 Å². The maximum atomic E-state index is 12.0. The van der Waals surface area contributed by atoms with E-state index in [0.29, 0.717) is 18.6 Å². The molecule has 24 heavy (non-hydrogen) atoms. The molecule has 0 bridgehead atoms. The van der Waals surface area contributed by atoms with Crippen molar-refractivity contribution < 1.29 is 19.4 Å². The Kier molecular flexibility index (Phi) is 5.79. The molecule has 128 valence electrons. The van der Waals surface area contributed by atoms with Crippen LogP contribution >= 0.6 is 0 Å². The van der Waals surface area contributed by atoms with Crippen LogP contribution in [-0.4, -0.2) is 30.1 Å². The van der Waals surface area contributed by atoms with Crippen molar-refractivity contribution in [3.8, 4) is 5.75 Å². The second kappa shape index (κ2) is 7.81. The Morgan fingerprint density at radius 2 is 1.75 bits per heavy atom. The van der Waals surface area contributed by atoms with Gasteiger partial charge in [-0.05, 0) is 35.7 Å². The Hall–Kier alpha value is -2.56. The molecule has 5 nitrogen and oxygen atoms in total. The highest BCUT2D eigenvalue weighted by Gasteiger charge is 2.35. The van der Waals surface area contributed by atoms with Gasteiger partial charge in [0.1, 0.15) is 5.75 Å². The lowest BCUT2D eigenvalue weighted by molar-refractivity contribution is -0.149. The van der Waals surface area contributed by atoms with E-state index in [9.17, 15) is 14.7 Å². The summed E-state index contributed by atoms with van der Waals surface area (Å²) < 4.78 is 5.51. The molecule has 0 aliphatic carbocycles. The minimum absolute atomic E-state index is 0.106. The second-order valence-corrected chi connectivity index (χ2v) is 5.87. The smallest absolute Gasteiger partial charge is 0.311 e. The van der Waals surface area contributed by atoms with Gasteiger partial charge >= 0.3 is 5.97 Å². The van der Waals surface area contributed by atoms with Crippen molar-refractivity contribution in [1.82, 2.24) is 5.32 Å². The largest absolute Gasteiger partial charge is 0.484 e. The summed E-state index contributed by atoms with van der Waals surface area (Å²) in [6.45, 7) is 3.60. The molecule has 2 aromatic rings. The molecule has 0 fully saturated rings. The van der Waals surface area contributed by atoms with Crippen LogP contribution in [0.4, 0.5) is 0 Å². The summed E-state index contributed by atoms with van der Waals surface area (Å²) in [6, 6.07) is 13.5. The lowest BCUT2D eigenvalue weighted by Crippen LogP contribution is -2.43. The first kappa shape index (κ1) is 17.8. The Bertz CT molecular complexity index is 722. The maximum absolute atomic E-state index is 12.0. The predicted octanol–water partition coefficient (Wildman–Crippen LogP) is 3.23. The van der Waals surface area contributed by atoms with Gasteiger partial charge in [0.15, 0.2) is 6.61 Å². The lowest BCUT2D eigenvalue weighted by atomic mass is 9.82. The van der Waals surface area contributed by atoms with Crippen LogP contribution in [-0.2, 0) is 9.59 Å². The Morgan fingerprint density at radius 1 is 1.08 bits per heavy atom. The molecule has 0 spiro atoms. The number of carboxylic acid groups (broad SMARTS) is 1. The van der Waals surface area contributed by atoms with E-state index in [1.807, 2.05) is 56.3 Å². The third-order valence-electron chi connectivity index (χ3n) is 4.52. The van der Waals surface area contributed by atoms with Crippen molar-refractivity contribution in [3.63, 3.8) is 0 Å². The topological polar surface area (TPSA) is 75.6 Å². The molecular weight excluding hydrogens is 306 g/mol. The zero-order valence-electron chi connectivity index (χ0n) is 14.0. The van der Waals surface area contributed by atoms with Crippen molar-refractivity contribution >= 4 is 22.6 Å². The van der Waals surface area contributed by atoms with Crippen LogP contribution in [0.25, 0.3) is 10.8 Å². The van der Waals surface area contributed by atoms with Gasteiger partial charge in [0, 0.05) is 6.54 Å². The van der Waals surface area contributed by atoms with Crippen molar-refractivity contribution in [2.75, 3.05) is 13.2 Å². The van der Waals surface area contributed by atoms with E-state index in [0.717, 1.165) is 10.8 Å². The van der Waals surface area contributed by atoms with E-state index in [-0.39, 0.29) is 19.1 Å². The van der Waals surface area contributed by atoms with Gasteiger partial charge in [-0.25, -0.2) is 0 Å². The first-order chi connectivity index (χ1) is 11.5. The number of nitrogens with one attached hydrogen (secondary N) is 1. The molecule has 2 rings (SSSR count). The van der Waals surface area contributed by atoms with Gasteiger partial charge in [0.05, 0.1) is 5.41 Å². The summed E-state index contributed by atoms with van der Waals surface area (Å²) in [5.74, 6) is -0.599. The SMILES string of the molecule is CCC(CC)(CNC(=O)COc1ccc2ccccc2c1)C(=O)O. The Balaban J connectivity index is 1.91. The molecule has 0 aliphatic heterocycles. The average Bonchev–Trinajstić information content (AvgIpc) is 2.60. The summed E-state index contributed by atoms with van der Waals surface area (Å²) in [7, 11) is 0. The Labute approximate surface area is 141 Å². The highest BCUT2D eigenvalue weighted by Crippen LogP contribution is 2.25. The normalized spacial score (nSPS) is 11.2. The molecule has 0 saturated heterocycles. The van der Waals surface area contributed by atoms with Crippen LogP contribution in [0.5, 0.6) is 5.75 Å². The number of carbonyl (C=O) groups is 2. The molecule has 5 heteroatoms. The second-order valence-electron chi connectivity index (χ2n) is 5.87. The van der Waals surface area contributed by atoms with E-state index in [4.69, 9.17) is 4.74 Å². The van der Waals surface area contributed by atoms with Gasteiger partial charge < -0.3 is 15.2 Å². The zero-order valence-corrected chi connectivity index (χ0v) is 14.0. The molecule has 0 aliphatic rings. The summed E-state index contributed by atoms with van der Waals surface area (Å²) in [5.41, 5.74) is -0.918. The van der Waals surface area contributed by atoms with Crippen LogP contribution in [0.3, 0.4) is 0 Å². The summed E-state index contributed by atoms with van der Waals surface area (Å²) in [5, 5.41) is 14.2. The first-order valence-electron chi connectivity index (χ1n) is 8.12. The molecular formula is C19H23NO4. The monoisotopic (exact) mass is 329 g/mol. The fourth-order valence-electron chi connectivity index (χ4n) is 2.60. The third-order valence-corrected chi connectivity index (χ3v) is 4.52. The predicted molar refractivity (Wildman–Crippen MR) is 93.1 cm³/mol. The quantitative estimate of drug-likeness (QED) is 0.779. The maximum Gasteiger partial charge on any atom is 0.311 e. The number of benzene rings is 2. The molecule has 0 unspecified atom stereocenters. The summed E-state index contributed by atoms with van der Waals surface area (Å²) in [6.07, 6.45) is 0.926. The van der Waals surface area contributed by atoms with E-state index < -0.39 is 11.4 Å². The van der Waals surface area contributed by atoms with E-state index >= 15 is 0 Å². The van der Waals surface area contributed by atoms with Crippen molar-refractivity contribution in [3.05, 3.63) is 42.5 Å². The van der Waals surface area contributed by atoms with E-state index in [1.165, 1.54) is 0 Å². The van der Waals surface area contributed by atoms with Gasteiger partial charge in [-0.1, -0.05) is 44.2 Å². The van der Waals surface area contributed by atoms with Crippen LogP contribution in [0.15, 0.2) is 42.5 Å². The van der Waals surface area contributed by atoms with E-state index in [2.05, 4.69) is 5.32 Å². The van der Waals surface area contributed by atoms with Gasteiger partial charge in [-0.15, -0.1) is 0 Å². The minimum Gasteiger partial charge on any atom is -0.484 e. The van der Waals surface area contributed by atoms with E-state index in [1.54, 1.807) is 0 Å². The highest BCUT2D eigenvalue weighted by atomic mass is 16.5. The number of rotatable bonds is 8. The summed E-state index contributed by atoms with van der Waals surface area (Å²) in [4.78, 5) is 23.4. The van der Waals surface area contributed by atoms with Crippen LogP contribution in [0.1, 0.15) is 26.7 Å². The van der Waals surface area contributed by atoms with Crippen molar-refractivity contribution in [2.45, 2.75) is 26.7 Å². The number of fused-ring (bicyclic) bond motifs is 1. The van der Waals surface area contributed by atoms with Gasteiger partial charge in [-0.3, -0.25) is 9.59 Å². The minimum atomic E-state index is -0.918. The number of ether oxygens (including phenoxy) is 1. The molecule has 0 saturated carbocycles. The van der Waals surface area contributed by atoms with Gasteiger partial charge in [-0.2, -0.15) is 0 Å². The fourth-order valence-corrected chi connectivity index (χ4v) is 2.60. The lowest BCUT2D eigenvalue weighted by Gasteiger charge is -2.26. The first-order valence-corrected chi connectivity index (χ1v) is 8.12. The molecule has 1 amide bonds. The molecule has 2 aromatic carbocycles. The number of amides is 1. The highest BCUT2D eigenvalue weighted by molar-refractivity contribution is 5.84. The molecule has 0 atom stereocenters. The number of aliphatic carboxylic acids is 1. The summed E-state index contributed by atoms with van der Waals surface area (Å²) >= 11 is 0. The van der Waals surface area contributed by atoms with Gasteiger partial charge in [0.2, 0.25) is 0 Å². The zero-order chi connectivity index (χ0) is 17.6. The van der Waals surface area contributed by atoms with Crippen LogP contribution in [0, 0.1) is 5.41 Å². The third kappa shape index (κ3) is 4.04. The Morgan fingerprint density at radius 3 is 2.38 bits per heavy atom. The number of hydrogen-bond acceptors (Lipinski definition) is 3. The average molecular weight is 329 g/mol. The van der Waals surface area contributed by atoms with Crippen molar-refractivity contribution in [2.24, 2.45) is 5.41 Å². The standard InChI is InChI=1S/C19H23NO4/c1-3-19(4-2,18(22)23)13-20-17(21)12-24-16-10-9-14-7-5-6-8-15(14)11-16/h5-11H,3-4,12-13H2,1-2H3,(H,20,21)(H,22,23).